The minimum atomic E-state index is -2.01. The number of carbonyl (C=O) groups excluding carboxylic acids is 3. The van der Waals surface area contributed by atoms with Gasteiger partial charge in [-0.25, -0.2) is 4.79 Å². The Labute approximate surface area is 193 Å². The van der Waals surface area contributed by atoms with E-state index in [2.05, 4.69) is 45.8 Å². The predicted octanol–water partition coefficient (Wildman–Crippen LogP) is 4.06. The van der Waals surface area contributed by atoms with Gasteiger partial charge < -0.3 is 19.4 Å². The molecule has 0 aromatic heterocycles. The van der Waals surface area contributed by atoms with Gasteiger partial charge >= 0.3 is 6.09 Å². The number of ether oxygens (including phenoxy) is 1. The van der Waals surface area contributed by atoms with Crippen molar-refractivity contribution in [2.45, 2.75) is 77.7 Å². The maximum Gasteiger partial charge on any atom is 0.410 e. The Morgan fingerprint density at radius 3 is 2.56 bits per heavy atom. The molecule has 2 amide bonds. The highest BCUT2D eigenvalue weighted by Crippen LogP contribution is 2.39. The van der Waals surface area contributed by atoms with E-state index >= 15 is 0 Å². The molecular weight excluding hydrogens is 424 g/mol. The van der Waals surface area contributed by atoms with Crippen molar-refractivity contribution in [2.24, 2.45) is 11.8 Å². The summed E-state index contributed by atoms with van der Waals surface area (Å²) >= 11 is 0. The van der Waals surface area contributed by atoms with Crippen LogP contribution in [0.3, 0.4) is 0 Å². The number of amides is 2. The molecule has 2 fully saturated rings. The molecule has 2 aliphatic rings. The van der Waals surface area contributed by atoms with Gasteiger partial charge in [0.15, 0.2) is 14.1 Å². The number of nitrogens with zero attached hydrogens (tertiary/aromatic N) is 1. The Balaban J connectivity index is 1.92. The summed E-state index contributed by atoms with van der Waals surface area (Å²) in [4.78, 5) is 38.7. The lowest BCUT2D eigenvalue weighted by atomic mass is 9.82. The van der Waals surface area contributed by atoms with E-state index in [1.807, 2.05) is 19.9 Å². The number of nitrogens with one attached hydrogen (secondary N) is 1. The van der Waals surface area contributed by atoms with Gasteiger partial charge in [0.25, 0.3) is 0 Å². The van der Waals surface area contributed by atoms with Crippen LogP contribution in [0.15, 0.2) is 24.3 Å². The van der Waals surface area contributed by atoms with Crippen LogP contribution in [-0.2, 0) is 18.8 Å². The number of rotatable bonds is 9. The fourth-order valence-corrected chi connectivity index (χ4v) is 5.44. The molecule has 0 aromatic carbocycles. The smallest absolute Gasteiger partial charge is 0.410 e. The molecule has 2 rings (SSSR count). The molecular formula is C24H40N2O5Si. The first-order valence-electron chi connectivity index (χ1n) is 11.5. The third-order valence-electron chi connectivity index (χ3n) is 6.99. The number of hydrogen-bond donors (Lipinski definition) is 1. The molecule has 1 unspecified atom stereocenters. The molecule has 4 atom stereocenters. The van der Waals surface area contributed by atoms with Crippen LogP contribution in [0.4, 0.5) is 4.79 Å². The van der Waals surface area contributed by atoms with Crippen molar-refractivity contribution in [2.75, 3.05) is 19.7 Å². The summed E-state index contributed by atoms with van der Waals surface area (Å²) in [7, 11) is -2.01. The molecule has 180 valence electrons. The lowest BCUT2D eigenvalue weighted by molar-refractivity contribution is -0.141. The van der Waals surface area contributed by atoms with Gasteiger partial charge in [-0.15, -0.1) is 0 Å². The van der Waals surface area contributed by atoms with Crippen LogP contribution in [0.25, 0.3) is 0 Å². The maximum atomic E-state index is 12.8. The van der Waals surface area contributed by atoms with Crippen molar-refractivity contribution >= 4 is 26.1 Å². The Morgan fingerprint density at radius 1 is 1.34 bits per heavy atom. The van der Waals surface area contributed by atoms with Crippen molar-refractivity contribution in [3.63, 3.8) is 0 Å². The molecule has 0 aliphatic carbocycles. The first-order chi connectivity index (χ1) is 14.8. The third-order valence-corrected chi connectivity index (χ3v) is 11.6. The monoisotopic (exact) mass is 464 g/mol. The zero-order chi connectivity index (χ0) is 24.3. The van der Waals surface area contributed by atoms with Gasteiger partial charge in [0, 0.05) is 19.5 Å². The van der Waals surface area contributed by atoms with Crippen molar-refractivity contribution in [3.05, 3.63) is 24.3 Å². The molecule has 2 aliphatic heterocycles. The topological polar surface area (TPSA) is 84.9 Å². The first-order valence-corrected chi connectivity index (χ1v) is 14.4. The molecule has 2 heterocycles. The first kappa shape index (κ1) is 26.3. The summed E-state index contributed by atoms with van der Waals surface area (Å²) in [5, 5.41) is 2.95. The SMILES string of the molecule is C=CCOC(=O)N1CCC(C=C(C)C(=O)C[C@H]2NC(=O)[C@@H]2[C@@H](C)O[Si](C)(C)C(C)(C)C)C1. The van der Waals surface area contributed by atoms with Crippen LogP contribution in [0.5, 0.6) is 0 Å². The van der Waals surface area contributed by atoms with Crippen LogP contribution in [0, 0.1) is 11.8 Å². The van der Waals surface area contributed by atoms with Crippen LogP contribution in [0.1, 0.15) is 47.5 Å². The van der Waals surface area contributed by atoms with Crippen LogP contribution < -0.4 is 5.32 Å². The summed E-state index contributed by atoms with van der Waals surface area (Å²) in [6.07, 6.45) is 3.99. The molecule has 0 spiro atoms. The number of likely N-dealkylation sites (tertiary alicyclic amines) is 1. The van der Waals surface area contributed by atoms with E-state index in [-0.39, 0.29) is 59.8 Å². The normalized spacial score (nSPS) is 25.1. The van der Waals surface area contributed by atoms with Gasteiger partial charge in [0.1, 0.15) is 6.61 Å². The van der Waals surface area contributed by atoms with Gasteiger partial charge in [0.05, 0.1) is 18.1 Å². The number of carbonyl (C=O) groups is 3. The summed E-state index contributed by atoms with van der Waals surface area (Å²) < 4.78 is 11.5. The molecule has 7 nitrogen and oxygen atoms in total. The molecule has 1 N–H and O–H groups in total. The van der Waals surface area contributed by atoms with Crippen molar-refractivity contribution in [3.8, 4) is 0 Å². The van der Waals surface area contributed by atoms with Gasteiger partial charge in [-0.2, -0.15) is 0 Å². The molecule has 0 bridgehead atoms. The lowest BCUT2D eigenvalue weighted by Crippen LogP contribution is -2.64. The van der Waals surface area contributed by atoms with Crippen molar-refractivity contribution in [1.82, 2.24) is 10.2 Å². The molecule has 32 heavy (non-hydrogen) atoms. The number of ketones is 1. The second-order valence-electron chi connectivity index (χ2n) is 10.6. The highest BCUT2D eigenvalue weighted by Gasteiger charge is 2.47. The summed E-state index contributed by atoms with van der Waals surface area (Å²) in [5.41, 5.74) is 0.675. The zero-order valence-electron chi connectivity index (χ0n) is 20.7. The quantitative estimate of drug-likeness (QED) is 0.241. The zero-order valence-corrected chi connectivity index (χ0v) is 21.7. The molecule has 0 aromatic rings. The van der Waals surface area contributed by atoms with Crippen molar-refractivity contribution < 1.29 is 23.5 Å². The summed E-state index contributed by atoms with van der Waals surface area (Å²) in [6.45, 7) is 19.5. The average Bonchev–Trinajstić information content (AvgIpc) is 3.12. The Morgan fingerprint density at radius 2 is 2.00 bits per heavy atom. The highest BCUT2D eigenvalue weighted by atomic mass is 28.4. The molecule has 0 radical (unpaired) electrons. The van der Waals surface area contributed by atoms with Crippen LogP contribution in [0.2, 0.25) is 18.1 Å². The standard InChI is InChI=1S/C24H40N2O5Si/c1-9-12-30-23(29)26-11-10-18(15-26)13-16(2)20(27)14-19-21(22(28)25-19)17(3)31-32(7,8)24(4,5)6/h9,13,17-19,21H,1,10-12,14-15H2,2-8H3,(H,25,28)/t17-,18?,19-,21-/m1/s1. The fourth-order valence-electron chi connectivity index (χ4n) is 4.01. The largest absolute Gasteiger partial charge is 0.445 e. The van der Waals surface area contributed by atoms with Gasteiger partial charge in [-0.05, 0) is 49.9 Å². The second kappa shape index (κ2) is 10.3. The number of Topliss-reactive ketones (excluding diaryl/α,β-unsaturated/α-hetero) is 1. The van der Waals surface area contributed by atoms with Gasteiger partial charge in [-0.1, -0.05) is 39.5 Å². The van der Waals surface area contributed by atoms with Gasteiger partial charge in [-0.3, -0.25) is 9.59 Å². The van der Waals surface area contributed by atoms with Crippen molar-refractivity contribution in [1.29, 1.82) is 0 Å². The fraction of sp³-hybridized carbons (Fsp3) is 0.708. The highest BCUT2D eigenvalue weighted by molar-refractivity contribution is 6.74. The Bertz CT molecular complexity index is 771. The summed E-state index contributed by atoms with van der Waals surface area (Å²) in [5.74, 6) is -0.197. The van der Waals surface area contributed by atoms with E-state index in [0.717, 1.165) is 6.42 Å². The summed E-state index contributed by atoms with van der Waals surface area (Å²) in [6, 6.07) is -0.202. The van der Waals surface area contributed by atoms with E-state index in [4.69, 9.17) is 9.16 Å². The average molecular weight is 465 g/mol. The second-order valence-corrected chi connectivity index (χ2v) is 15.3. The van der Waals surface area contributed by atoms with Gasteiger partial charge in [0.2, 0.25) is 5.91 Å². The lowest BCUT2D eigenvalue weighted by Gasteiger charge is -2.45. The van der Waals surface area contributed by atoms with E-state index in [9.17, 15) is 14.4 Å². The van der Waals surface area contributed by atoms with E-state index in [1.54, 1.807) is 11.0 Å². The minimum absolute atomic E-state index is 0.0206. The number of β-lactam (4-membered cyclic amide) rings is 1. The van der Waals surface area contributed by atoms with Crippen LogP contribution >= 0.6 is 0 Å². The van der Waals surface area contributed by atoms with E-state index in [1.165, 1.54) is 0 Å². The Hall–Kier alpha value is -1.93. The molecule has 2 saturated heterocycles. The maximum absolute atomic E-state index is 12.8. The van der Waals surface area contributed by atoms with Crippen LogP contribution in [-0.4, -0.2) is 62.8 Å². The predicted molar refractivity (Wildman–Crippen MR) is 128 cm³/mol. The third kappa shape index (κ3) is 6.31. The molecule has 0 saturated carbocycles. The Kier molecular flexibility index (Phi) is 8.50. The van der Waals surface area contributed by atoms with E-state index < -0.39 is 8.32 Å². The minimum Gasteiger partial charge on any atom is -0.445 e. The van der Waals surface area contributed by atoms with E-state index in [0.29, 0.717) is 18.7 Å². The number of allylic oxidation sites excluding steroid dienone is 1. The number of hydrogen-bond acceptors (Lipinski definition) is 5. The molecule has 8 heteroatoms.